The number of hydrogen-bond donors (Lipinski definition) is 0. The first-order chi connectivity index (χ1) is 5.08. The molecule has 0 aromatic rings. The van der Waals surface area contributed by atoms with Crippen LogP contribution in [0.2, 0.25) is 0 Å². The van der Waals surface area contributed by atoms with E-state index in [2.05, 4.69) is 0 Å². The molecule has 0 atom stereocenters. The van der Waals surface area contributed by atoms with E-state index in [1.165, 1.54) is 6.08 Å². The van der Waals surface area contributed by atoms with Gasteiger partial charge in [0.1, 0.15) is 0 Å². The molecule has 12 heavy (non-hydrogen) atoms. The fraction of sp³-hybridized carbons (Fsp3) is 0.714. The fourth-order valence-corrected chi connectivity index (χ4v) is 1.43. The van der Waals surface area contributed by atoms with Crippen LogP contribution in [-0.4, -0.2) is 6.98 Å². The van der Waals surface area contributed by atoms with Crippen LogP contribution in [0.5, 0.6) is 0 Å². The van der Waals surface area contributed by atoms with Crippen molar-refractivity contribution in [2.24, 2.45) is 5.92 Å². The zero-order valence-electron chi connectivity index (χ0n) is 7.27. The summed E-state index contributed by atoms with van der Waals surface area (Å²) < 4.78 is 35.1. The van der Waals surface area contributed by atoms with Crippen LogP contribution < -0.4 is 51.4 Å². The smallest absolute Gasteiger partial charge is 0.445 e. The van der Waals surface area contributed by atoms with E-state index < -0.39 is 6.98 Å². The van der Waals surface area contributed by atoms with Gasteiger partial charge in [-0.25, -0.2) is 0 Å². The summed E-state index contributed by atoms with van der Waals surface area (Å²) in [4.78, 5) is 0. The Kier molecular flexibility index (Phi) is 6.46. The van der Waals surface area contributed by atoms with Crippen molar-refractivity contribution in [1.29, 1.82) is 0 Å². The van der Waals surface area contributed by atoms with Gasteiger partial charge in [-0.15, -0.1) is 12.1 Å². The third-order valence-corrected chi connectivity index (χ3v) is 2.00. The fourth-order valence-electron chi connectivity index (χ4n) is 1.43. The van der Waals surface area contributed by atoms with E-state index in [-0.39, 0.29) is 57.3 Å². The van der Waals surface area contributed by atoms with Gasteiger partial charge in [-0.2, -0.15) is 0 Å². The average Bonchev–Trinajstić information content (AvgIpc) is 2.32. The van der Waals surface area contributed by atoms with Gasteiger partial charge in [-0.3, -0.25) is 0 Å². The molecule has 64 valence electrons. The van der Waals surface area contributed by atoms with Gasteiger partial charge in [0.25, 0.3) is 0 Å². The molecule has 0 radical (unpaired) electrons. The van der Waals surface area contributed by atoms with Gasteiger partial charge in [0.05, 0.1) is 0 Å². The maximum absolute atomic E-state index is 11.7. The topological polar surface area (TPSA) is 0 Å². The van der Waals surface area contributed by atoms with Gasteiger partial charge in [0, 0.05) is 0 Å². The van der Waals surface area contributed by atoms with Crippen molar-refractivity contribution in [3.8, 4) is 0 Å². The molecule has 0 aromatic carbocycles. The minimum absolute atomic E-state index is 0. The Morgan fingerprint density at radius 1 is 1.08 bits per heavy atom. The van der Waals surface area contributed by atoms with E-state index in [1.807, 2.05) is 0 Å². The molecule has 0 spiro atoms. The maximum Gasteiger partial charge on any atom is 1.00 e. The van der Waals surface area contributed by atoms with E-state index in [1.54, 1.807) is 0 Å². The monoisotopic (exact) mass is 202 g/mol. The number of halogens is 3. The summed E-state index contributed by atoms with van der Waals surface area (Å²) in [6, 6.07) is 0. The Balaban J connectivity index is 0.00000121. The first-order valence-corrected chi connectivity index (χ1v) is 3.97. The van der Waals surface area contributed by atoms with Gasteiger partial charge in [0.15, 0.2) is 0 Å². The molecule has 0 bridgehead atoms. The summed E-state index contributed by atoms with van der Waals surface area (Å²) in [6.07, 6.45) is 5.36. The summed E-state index contributed by atoms with van der Waals surface area (Å²) in [7, 11) is 0. The van der Waals surface area contributed by atoms with Crippen molar-refractivity contribution < 1.29 is 64.3 Å². The Hall–Kier alpha value is 1.23. The van der Waals surface area contributed by atoms with Gasteiger partial charge in [0.2, 0.25) is 0 Å². The van der Waals surface area contributed by atoms with Crippen molar-refractivity contribution in [2.75, 3.05) is 0 Å². The van der Waals surface area contributed by atoms with Crippen LogP contribution in [0.3, 0.4) is 0 Å². The van der Waals surface area contributed by atoms with Crippen LogP contribution in [0.15, 0.2) is 12.1 Å². The Morgan fingerprint density at radius 3 is 2.00 bits per heavy atom. The van der Waals surface area contributed by atoms with Crippen LogP contribution in [-0.2, 0) is 0 Å². The molecule has 5 heteroatoms. The van der Waals surface area contributed by atoms with E-state index >= 15 is 0 Å². The Labute approximate surface area is 113 Å². The summed E-state index contributed by atoms with van der Waals surface area (Å²) in [5.74, 6) is 0.620. The second-order valence-electron chi connectivity index (χ2n) is 3.05. The van der Waals surface area contributed by atoms with E-state index in [4.69, 9.17) is 0 Å². The zero-order chi connectivity index (χ0) is 8.32. The van der Waals surface area contributed by atoms with Crippen molar-refractivity contribution in [2.45, 2.75) is 25.7 Å². The van der Waals surface area contributed by atoms with Crippen molar-refractivity contribution in [3.63, 3.8) is 0 Å². The van der Waals surface area contributed by atoms with Crippen LogP contribution in [0.1, 0.15) is 25.7 Å². The second-order valence-corrected chi connectivity index (χ2v) is 3.05. The minimum atomic E-state index is -4.70. The molecule has 1 saturated carbocycles. The molecule has 0 amide bonds. The van der Waals surface area contributed by atoms with Gasteiger partial charge in [-0.1, -0.05) is 12.8 Å². The van der Waals surface area contributed by atoms with Gasteiger partial charge < -0.3 is 12.9 Å². The van der Waals surface area contributed by atoms with Crippen molar-refractivity contribution >= 4 is 6.98 Å². The quantitative estimate of drug-likeness (QED) is 0.558. The molecule has 0 unspecified atom stereocenters. The molecular formula is C7H11BF3K. The first-order valence-electron chi connectivity index (χ1n) is 3.97. The van der Waals surface area contributed by atoms with E-state index in [9.17, 15) is 12.9 Å². The van der Waals surface area contributed by atoms with Crippen LogP contribution in [0.25, 0.3) is 0 Å². The molecule has 0 N–H and O–H groups in total. The van der Waals surface area contributed by atoms with Gasteiger partial charge in [-0.05, 0) is 18.8 Å². The largest absolute Gasteiger partial charge is 1.00 e. The first kappa shape index (κ1) is 13.2. The summed E-state index contributed by atoms with van der Waals surface area (Å²) in [5.41, 5.74) is 0. The van der Waals surface area contributed by atoms with Crippen molar-refractivity contribution in [1.82, 2.24) is 0 Å². The third kappa shape index (κ3) is 5.81. The van der Waals surface area contributed by atoms with Crippen LogP contribution in [0.4, 0.5) is 12.9 Å². The minimum Gasteiger partial charge on any atom is -0.445 e. The summed E-state index contributed by atoms with van der Waals surface area (Å²) in [6.45, 7) is -4.70. The van der Waals surface area contributed by atoms with Crippen LogP contribution in [0, 0.1) is 5.92 Å². The average molecular weight is 202 g/mol. The van der Waals surface area contributed by atoms with E-state index in [0.29, 0.717) is 5.98 Å². The second kappa shape index (κ2) is 5.86. The molecule has 0 nitrogen and oxygen atoms in total. The maximum atomic E-state index is 11.7. The number of rotatable bonds is 2. The summed E-state index contributed by atoms with van der Waals surface area (Å²) in [5, 5.41) is 0. The third-order valence-electron chi connectivity index (χ3n) is 2.00. The molecule has 0 heterocycles. The normalized spacial score (nSPS) is 19.9. The molecule has 1 aliphatic rings. The molecule has 1 aliphatic carbocycles. The molecular weight excluding hydrogens is 191 g/mol. The summed E-state index contributed by atoms with van der Waals surface area (Å²) >= 11 is 0. The van der Waals surface area contributed by atoms with Crippen LogP contribution >= 0.6 is 0 Å². The molecule has 1 fully saturated rings. The Morgan fingerprint density at radius 2 is 1.58 bits per heavy atom. The molecule has 0 saturated heterocycles. The standard InChI is InChI=1S/C7H11BF3.K/c9-8(10,11)6-5-7-3-1-2-4-7;/h5-7H,1-4H2;/q-1;+1/b6-5+;. The predicted molar refractivity (Wildman–Crippen MR) is 40.2 cm³/mol. The Bertz CT molecular complexity index is 149. The van der Waals surface area contributed by atoms with Gasteiger partial charge >= 0.3 is 58.4 Å². The number of hydrogen-bond acceptors (Lipinski definition) is 0. The molecule has 0 aliphatic heterocycles. The molecule has 1 rings (SSSR count). The number of allylic oxidation sites excluding steroid dienone is 1. The SMILES string of the molecule is F[B-](F)(F)/C=C/C1CCCC1.[K+]. The predicted octanol–water partition coefficient (Wildman–Crippen LogP) is 0.123. The van der Waals surface area contributed by atoms with E-state index in [0.717, 1.165) is 25.7 Å². The zero-order valence-corrected chi connectivity index (χ0v) is 10.4. The molecule has 0 aromatic heterocycles. The van der Waals surface area contributed by atoms with Crippen molar-refractivity contribution in [3.05, 3.63) is 12.1 Å².